The van der Waals surface area contributed by atoms with Crippen molar-refractivity contribution in [1.29, 1.82) is 0 Å². The molecule has 0 heterocycles. The molecule has 1 saturated carbocycles. The summed E-state index contributed by atoms with van der Waals surface area (Å²) in [6.45, 7) is 1.94. The fourth-order valence-electron chi connectivity index (χ4n) is 1.52. The van der Waals surface area contributed by atoms with Crippen LogP contribution in [0.4, 0.5) is 0 Å². The van der Waals surface area contributed by atoms with Gasteiger partial charge in [-0.3, -0.25) is 4.79 Å². The molecule has 1 fully saturated rings. The molecule has 1 aromatic carbocycles. The Kier molecular flexibility index (Phi) is 3.89. The van der Waals surface area contributed by atoms with Gasteiger partial charge in [0.15, 0.2) is 6.10 Å². The van der Waals surface area contributed by atoms with Crippen molar-refractivity contribution in [2.45, 2.75) is 38.3 Å². The number of carbonyl (C=O) groups excluding carboxylic acids is 1. The van der Waals surface area contributed by atoms with E-state index in [9.17, 15) is 4.79 Å². The number of hydrogen-bond acceptors (Lipinski definition) is 2. The minimum Gasteiger partial charge on any atom is -0.481 e. The highest BCUT2D eigenvalue weighted by Gasteiger charge is 2.27. The van der Waals surface area contributed by atoms with Crippen LogP contribution in [0.2, 0.25) is 5.02 Å². The number of benzene rings is 1. The van der Waals surface area contributed by atoms with E-state index in [1.54, 1.807) is 24.3 Å². The monoisotopic (exact) mass is 253 g/mol. The number of hydrogen-bond donors (Lipinski definition) is 1. The fraction of sp³-hybridized carbons (Fsp3) is 0.462. The van der Waals surface area contributed by atoms with Gasteiger partial charge in [0.05, 0.1) is 0 Å². The summed E-state index contributed by atoms with van der Waals surface area (Å²) in [6, 6.07) is 7.42. The largest absolute Gasteiger partial charge is 0.481 e. The van der Waals surface area contributed by atoms with Crippen LogP contribution in [0.25, 0.3) is 0 Å². The van der Waals surface area contributed by atoms with Crippen LogP contribution in [-0.2, 0) is 4.79 Å². The van der Waals surface area contributed by atoms with E-state index in [-0.39, 0.29) is 5.91 Å². The molecule has 17 heavy (non-hydrogen) atoms. The summed E-state index contributed by atoms with van der Waals surface area (Å²) in [5, 5.41) is 3.61. The van der Waals surface area contributed by atoms with Crippen molar-refractivity contribution in [2.75, 3.05) is 0 Å². The SMILES string of the molecule is CC[C@@H](Oc1ccc(Cl)cc1)C(=O)NC1CC1. The molecule has 3 nitrogen and oxygen atoms in total. The van der Waals surface area contributed by atoms with Crippen LogP contribution in [0, 0.1) is 0 Å². The number of halogens is 1. The average molecular weight is 254 g/mol. The zero-order chi connectivity index (χ0) is 12.3. The zero-order valence-electron chi connectivity index (χ0n) is 9.78. The van der Waals surface area contributed by atoms with Crippen molar-refractivity contribution < 1.29 is 9.53 Å². The lowest BCUT2D eigenvalue weighted by Gasteiger charge is -2.17. The summed E-state index contributed by atoms with van der Waals surface area (Å²) in [5.74, 6) is 0.650. The van der Waals surface area contributed by atoms with Crippen molar-refractivity contribution in [2.24, 2.45) is 0 Å². The maximum atomic E-state index is 11.8. The third-order valence-corrected chi connectivity index (χ3v) is 2.93. The predicted octanol–water partition coefficient (Wildman–Crippen LogP) is 2.78. The lowest BCUT2D eigenvalue weighted by molar-refractivity contribution is -0.128. The summed E-state index contributed by atoms with van der Waals surface area (Å²) in [7, 11) is 0. The maximum absolute atomic E-state index is 11.8. The Morgan fingerprint density at radius 2 is 2.12 bits per heavy atom. The molecule has 0 aliphatic heterocycles. The third-order valence-electron chi connectivity index (χ3n) is 2.68. The molecule has 1 aromatic rings. The molecule has 1 amide bonds. The van der Waals surface area contributed by atoms with E-state index in [0.717, 1.165) is 12.8 Å². The lowest BCUT2D eigenvalue weighted by Crippen LogP contribution is -2.39. The summed E-state index contributed by atoms with van der Waals surface area (Å²) in [4.78, 5) is 11.8. The van der Waals surface area contributed by atoms with Crippen LogP contribution in [0.5, 0.6) is 5.75 Å². The van der Waals surface area contributed by atoms with Gasteiger partial charge in [-0.15, -0.1) is 0 Å². The van der Waals surface area contributed by atoms with Crippen molar-refractivity contribution in [3.8, 4) is 5.75 Å². The van der Waals surface area contributed by atoms with Gasteiger partial charge < -0.3 is 10.1 Å². The van der Waals surface area contributed by atoms with Crippen LogP contribution < -0.4 is 10.1 Å². The molecule has 0 bridgehead atoms. The van der Waals surface area contributed by atoms with Crippen molar-refractivity contribution in [3.63, 3.8) is 0 Å². The Hall–Kier alpha value is -1.22. The Balaban J connectivity index is 1.93. The quantitative estimate of drug-likeness (QED) is 0.876. The Labute approximate surface area is 106 Å². The summed E-state index contributed by atoms with van der Waals surface area (Å²) in [6.07, 6.45) is 2.41. The smallest absolute Gasteiger partial charge is 0.261 e. The van der Waals surface area contributed by atoms with Crippen molar-refractivity contribution >= 4 is 17.5 Å². The fourth-order valence-corrected chi connectivity index (χ4v) is 1.65. The average Bonchev–Trinajstić information content (AvgIpc) is 3.12. The van der Waals surface area contributed by atoms with Crippen LogP contribution >= 0.6 is 11.6 Å². The van der Waals surface area contributed by atoms with Gasteiger partial charge in [-0.1, -0.05) is 18.5 Å². The van der Waals surface area contributed by atoms with Crippen molar-refractivity contribution in [1.82, 2.24) is 5.32 Å². The molecule has 1 aliphatic rings. The van der Waals surface area contributed by atoms with Crippen LogP contribution in [0.15, 0.2) is 24.3 Å². The van der Waals surface area contributed by atoms with Gasteiger partial charge in [0.1, 0.15) is 5.75 Å². The highest BCUT2D eigenvalue weighted by molar-refractivity contribution is 6.30. The Morgan fingerprint density at radius 3 is 2.65 bits per heavy atom. The third kappa shape index (κ3) is 3.63. The maximum Gasteiger partial charge on any atom is 0.261 e. The summed E-state index contributed by atoms with van der Waals surface area (Å²) < 4.78 is 5.64. The molecule has 0 radical (unpaired) electrons. The first kappa shape index (κ1) is 12.2. The van der Waals surface area contributed by atoms with E-state index >= 15 is 0 Å². The first-order valence-corrected chi connectivity index (χ1v) is 6.29. The molecule has 0 unspecified atom stereocenters. The van der Waals surface area contributed by atoms with Gasteiger partial charge in [-0.05, 0) is 43.5 Å². The molecular formula is C13H16ClNO2. The zero-order valence-corrected chi connectivity index (χ0v) is 10.5. The molecule has 0 saturated heterocycles. The minimum absolute atomic E-state index is 0.0232. The second-order valence-electron chi connectivity index (χ2n) is 4.25. The van der Waals surface area contributed by atoms with Crippen molar-refractivity contribution in [3.05, 3.63) is 29.3 Å². The molecule has 1 atom stereocenters. The normalized spacial score (nSPS) is 16.4. The number of nitrogens with one attached hydrogen (secondary N) is 1. The first-order chi connectivity index (χ1) is 8.19. The topological polar surface area (TPSA) is 38.3 Å². The molecular weight excluding hydrogens is 238 g/mol. The molecule has 4 heteroatoms. The van der Waals surface area contributed by atoms with Crippen LogP contribution in [-0.4, -0.2) is 18.1 Å². The highest BCUT2D eigenvalue weighted by Crippen LogP contribution is 2.21. The standard InChI is InChI=1S/C13H16ClNO2/c1-2-12(13(16)15-10-5-6-10)17-11-7-3-9(14)4-8-11/h3-4,7-8,10,12H,2,5-6H2,1H3,(H,15,16)/t12-/m1/s1. The van der Waals surface area contributed by atoms with Gasteiger partial charge in [0, 0.05) is 11.1 Å². The molecule has 1 N–H and O–H groups in total. The molecule has 2 rings (SSSR count). The van der Waals surface area contributed by atoms with E-state index in [1.165, 1.54) is 0 Å². The van der Waals surface area contributed by atoms with Gasteiger partial charge >= 0.3 is 0 Å². The number of amides is 1. The van der Waals surface area contributed by atoms with E-state index in [2.05, 4.69) is 5.32 Å². The van der Waals surface area contributed by atoms with Gasteiger partial charge in [0.2, 0.25) is 0 Å². The van der Waals surface area contributed by atoms with Gasteiger partial charge in [-0.25, -0.2) is 0 Å². The van der Waals surface area contributed by atoms with Crippen LogP contribution in [0.3, 0.4) is 0 Å². The van der Waals surface area contributed by atoms with E-state index in [1.807, 2.05) is 6.92 Å². The second kappa shape index (κ2) is 5.41. The number of carbonyl (C=O) groups is 1. The molecule has 92 valence electrons. The Morgan fingerprint density at radius 1 is 1.47 bits per heavy atom. The Bertz CT molecular complexity index is 387. The highest BCUT2D eigenvalue weighted by atomic mass is 35.5. The summed E-state index contributed by atoms with van der Waals surface area (Å²) >= 11 is 5.79. The molecule has 0 spiro atoms. The molecule has 1 aliphatic carbocycles. The first-order valence-electron chi connectivity index (χ1n) is 5.91. The number of rotatable bonds is 5. The van der Waals surface area contributed by atoms with Gasteiger partial charge in [-0.2, -0.15) is 0 Å². The van der Waals surface area contributed by atoms with E-state index in [4.69, 9.17) is 16.3 Å². The van der Waals surface area contributed by atoms with E-state index in [0.29, 0.717) is 23.2 Å². The lowest BCUT2D eigenvalue weighted by atomic mass is 10.2. The van der Waals surface area contributed by atoms with E-state index < -0.39 is 6.10 Å². The minimum atomic E-state index is -0.420. The summed E-state index contributed by atoms with van der Waals surface area (Å²) in [5.41, 5.74) is 0. The number of ether oxygens (including phenoxy) is 1. The van der Waals surface area contributed by atoms with Crippen LogP contribution in [0.1, 0.15) is 26.2 Å². The van der Waals surface area contributed by atoms with Gasteiger partial charge in [0.25, 0.3) is 5.91 Å². The predicted molar refractivity (Wildman–Crippen MR) is 67.3 cm³/mol. The molecule has 0 aromatic heterocycles. The second-order valence-corrected chi connectivity index (χ2v) is 4.69.